The van der Waals surface area contributed by atoms with Gasteiger partial charge in [0, 0.05) is 25.0 Å². The summed E-state index contributed by atoms with van der Waals surface area (Å²) >= 11 is 0. The average molecular weight is 228 g/mol. The Balaban J connectivity index is 1.82. The number of carbonyl (C=O) groups excluding carboxylic acids is 1. The van der Waals surface area contributed by atoms with Gasteiger partial charge in [0.2, 0.25) is 5.91 Å². The third-order valence-electron chi connectivity index (χ3n) is 2.13. The largest absolute Gasteiger partial charge is 0.465 e. The molecule has 17 heavy (non-hydrogen) atoms. The predicted molar refractivity (Wildman–Crippen MR) is 63.8 cm³/mol. The molecule has 1 amide bonds. The van der Waals surface area contributed by atoms with Gasteiger partial charge in [-0.1, -0.05) is 6.07 Å². The Morgan fingerprint density at radius 2 is 2.35 bits per heavy atom. The van der Waals surface area contributed by atoms with E-state index in [-0.39, 0.29) is 5.91 Å². The Labute approximate surface area is 99.0 Å². The smallest absolute Gasteiger partial charge is 0.244 e. The van der Waals surface area contributed by atoms with E-state index in [0.29, 0.717) is 12.3 Å². The SMILES string of the molecule is O=C(/C=C/c1ccco1)NCc1cccnc1. The van der Waals surface area contributed by atoms with Crippen LogP contribution in [0.3, 0.4) is 0 Å². The number of amides is 1. The Kier molecular flexibility index (Phi) is 3.70. The molecule has 0 saturated heterocycles. The molecule has 0 radical (unpaired) electrons. The van der Waals surface area contributed by atoms with Crippen LogP contribution < -0.4 is 5.32 Å². The van der Waals surface area contributed by atoms with E-state index in [0.717, 1.165) is 5.56 Å². The van der Waals surface area contributed by atoms with Gasteiger partial charge in [0.05, 0.1) is 6.26 Å². The van der Waals surface area contributed by atoms with Crippen LogP contribution >= 0.6 is 0 Å². The van der Waals surface area contributed by atoms with Crippen molar-refractivity contribution in [3.05, 3.63) is 60.3 Å². The van der Waals surface area contributed by atoms with Crippen LogP contribution in [0.15, 0.2) is 53.4 Å². The van der Waals surface area contributed by atoms with Gasteiger partial charge in [-0.15, -0.1) is 0 Å². The maximum absolute atomic E-state index is 11.5. The summed E-state index contributed by atoms with van der Waals surface area (Å²) in [5.41, 5.74) is 0.965. The van der Waals surface area contributed by atoms with Crippen LogP contribution in [-0.4, -0.2) is 10.9 Å². The summed E-state index contributed by atoms with van der Waals surface area (Å²) in [6.07, 6.45) is 8.04. The van der Waals surface area contributed by atoms with Crippen molar-refractivity contribution in [1.82, 2.24) is 10.3 Å². The van der Waals surface area contributed by atoms with Gasteiger partial charge in [-0.05, 0) is 29.8 Å². The quantitative estimate of drug-likeness (QED) is 0.814. The first kappa shape index (κ1) is 11.1. The summed E-state index contributed by atoms with van der Waals surface area (Å²) in [7, 11) is 0. The molecule has 0 aliphatic carbocycles. The maximum Gasteiger partial charge on any atom is 0.244 e. The highest BCUT2D eigenvalue weighted by Crippen LogP contribution is 2.01. The molecule has 0 aliphatic heterocycles. The molecular formula is C13H12N2O2. The summed E-state index contributed by atoms with van der Waals surface area (Å²) in [6.45, 7) is 0.467. The van der Waals surface area contributed by atoms with E-state index in [1.165, 1.54) is 6.08 Å². The Morgan fingerprint density at radius 1 is 1.41 bits per heavy atom. The number of furan rings is 1. The minimum atomic E-state index is -0.162. The van der Waals surface area contributed by atoms with Crippen LogP contribution in [0, 0.1) is 0 Å². The molecule has 0 unspecified atom stereocenters. The molecular weight excluding hydrogens is 216 g/mol. The highest BCUT2D eigenvalue weighted by molar-refractivity contribution is 5.91. The maximum atomic E-state index is 11.5. The van der Waals surface area contributed by atoms with Crippen molar-refractivity contribution in [2.45, 2.75) is 6.54 Å². The van der Waals surface area contributed by atoms with Gasteiger partial charge in [0.1, 0.15) is 5.76 Å². The van der Waals surface area contributed by atoms with Crippen molar-refractivity contribution >= 4 is 12.0 Å². The average Bonchev–Trinajstić information content (AvgIpc) is 2.88. The fraction of sp³-hybridized carbons (Fsp3) is 0.0769. The third-order valence-corrected chi connectivity index (χ3v) is 2.13. The van der Waals surface area contributed by atoms with Gasteiger partial charge in [0.15, 0.2) is 0 Å². The number of hydrogen-bond donors (Lipinski definition) is 1. The standard InChI is InChI=1S/C13H12N2O2/c16-13(6-5-12-4-2-8-17-12)15-10-11-3-1-7-14-9-11/h1-9H,10H2,(H,15,16)/b6-5+. The van der Waals surface area contributed by atoms with Crippen LogP contribution in [0.1, 0.15) is 11.3 Å². The van der Waals surface area contributed by atoms with Crippen LogP contribution in [0.25, 0.3) is 6.08 Å². The van der Waals surface area contributed by atoms with Gasteiger partial charge in [0.25, 0.3) is 0 Å². The van der Waals surface area contributed by atoms with Gasteiger partial charge in [-0.25, -0.2) is 0 Å². The Bertz CT molecular complexity index is 489. The highest BCUT2D eigenvalue weighted by atomic mass is 16.3. The summed E-state index contributed by atoms with van der Waals surface area (Å²) in [4.78, 5) is 15.4. The second-order valence-electron chi connectivity index (χ2n) is 3.43. The fourth-order valence-electron chi connectivity index (χ4n) is 1.29. The first-order valence-corrected chi connectivity index (χ1v) is 5.23. The monoisotopic (exact) mass is 228 g/mol. The lowest BCUT2D eigenvalue weighted by Gasteiger charge is -2.00. The molecule has 2 rings (SSSR count). The van der Waals surface area contributed by atoms with Crippen molar-refractivity contribution < 1.29 is 9.21 Å². The molecule has 2 aromatic rings. The summed E-state index contributed by atoms with van der Waals surface area (Å²) in [5.74, 6) is 0.492. The normalized spacial score (nSPS) is 10.6. The molecule has 0 atom stereocenters. The van der Waals surface area contributed by atoms with Crippen molar-refractivity contribution in [2.24, 2.45) is 0 Å². The summed E-state index contributed by atoms with van der Waals surface area (Å²) in [6, 6.07) is 7.29. The third kappa shape index (κ3) is 3.61. The van der Waals surface area contributed by atoms with Crippen molar-refractivity contribution in [2.75, 3.05) is 0 Å². The molecule has 2 heterocycles. The number of aromatic nitrogens is 1. The lowest BCUT2D eigenvalue weighted by Crippen LogP contribution is -2.20. The second-order valence-corrected chi connectivity index (χ2v) is 3.43. The molecule has 2 aromatic heterocycles. The van der Waals surface area contributed by atoms with Crippen molar-refractivity contribution in [3.8, 4) is 0 Å². The van der Waals surface area contributed by atoms with Crippen molar-refractivity contribution in [1.29, 1.82) is 0 Å². The molecule has 0 aromatic carbocycles. The van der Waals surface area contributed by atoms with Crippen LogP contribution in [0.5, 0.6) is 0 Å². The molecule has 4 heteroatoms. The molecule has 0 spiro atoms. The topological polar surface area (TPSA) is 55.1 Å². The lowest BCUT2D eigenvalue weighted by molar-refractivity contribution is -0.116. The molecule has 0 fully saturated rings. The van der Waals surface area contributed by atoms with E-state index in [1.54, 1.807) is 36.9 Å². The zero-order valence-corrected chi connectivity index (χ0v) is 9.17. The first-order valence-electron chi connectivity index (χ1n) is 5.23. The van der Waals surface area contributed by atoms with E-state index in [4.69, 9.17) is 4.42 Å². The van der Waals surface area contributed by atoms with E-state index >= 15 is 0 Å². The van der Waals surface area contributed by atoms with E-state index in [9.17, 15) is 4.79 Å². The zero-order chi connectivity index (χ0) is 11.9. The van der Waals surface area contributed by atoms with Crippen molar-refractivity contribution in [3.63, 3.8) is 0 Å². The van der Waals surface area contributed by atoms with Gasteiger partial charge in [-0.3, -0.25) is 9.78 Å². The summed E-state index contributed by atoms with van der Waals surface area (Å²) < 4.78 is 5.07. The molecule has 0 saturated carbocycles. The highest BCUT2D eigenvalue weighted by Gasteiger charge is 1.96. The van der Waals surface area contributed by atoms with Crippen LogP contribution in [0.4, 0.5) is 0 Å². The van der Waals surface area contributed by atoms with E-state index < -0.39 is 0 Å². The molecule has 1 N–H and O–H groups in total. The van der Waals surface area contributed by atoms with Gasteiger partial charge >= 0.3 is 0 Å². The number of nitrogens with one attached hydrogen (secondary N) is 1. The van der Waals surface area contributed by atoms with Crippen LogP contribution in [0.2, 0.25) is 0 Å². The van der Waals surface area contributed by atoms with Gasteiger partial charge in [-0.2, -0.15) is 0 Å². The fourth-order valence-corrected chi connectivity index (χ4v) is 1.29. The summed E-state index contributed by atoms with van der Waals surface area (Å²) in [5, 5.41) is 2.75. The number of rotatable bonds is 4. The number of carbonyl (C=O) groups is 1. The van der Waals surface area contributed by atoms with Crippen LogP contribution in [-0.2, 0) is 11.3 Å². The molecule has 86 valence electrons. The number of nitrogens with zero attached hydrogens (tertiary/aromatic N) is 1. The predicted octanol–water partition coefficient (Wildman–Crippen LogP) is 2.00. The first-order chi connectivity index (χ1) is 8.34. The minimum Gasteiger partial charge on any atom is -0.465 e. The second kappa shape index (κ2) is 5.65. The van der Waals surface area contributed by atoms with Gasteiger partial charge < -0.3 is 9.73 Å². The number of pyridine rings is 1. The Hall–Kier alpha value is -2.36. The van der Waals surface area contributed by atoms with E-state index in [1.807, 2.05) is 12.1 Å². The lowest BCUT2D eigenvalue weighted by atomic mass is 10.3. The minimum absolute atomic E-state index is 0.162. The Morgan fingerprint density at radius 3 is 3.06 bits per heavy atom. The zero-order valence-electron chi connectivity index (χ0n) is 9.17. The number of hydrogen-bond acceptors (Lipinski definition) is 3. The molecule has 0 bridgehead atoms. The van der Waals surface area contributed by atoms with E-state index in [2.05, 4.69) is 10.3 Å². The molecule has 4 nitrogen and oxygen atoms in total. The molecule has 0 aliphatic rings.